The fourth-order valence-corrected chi connectivity index (χ4v) is 6.67. The molecule has 146 valence electrons. The van der Waals surface area contributed by atoms with Crippen LogP contribution < -0.4 is 0 Å². The normalized spacial score (nSPS) is 11.4. The van der Waals surface area contributed by atoms with Gasteiger partial charge < -0.3 is 0 Å². The molecule has 0 fully saturated rings. The summed E-state index contributed by atoms with van der Waals surface area (Å²) in [5.41, 5.74) is 8.27. The van der Waals surface area contributed by atoms with Gasteiger partial charge >= 0.3 is 185 Å². The van der Waals surface area contributed by atoms with E-state index >= 15 is 0 Å². The molecule has 0 bridgehead atoms. The van der Waals surface area contributed by atoms with E-state index in [1.54, 1.807) is 0 Å². The first kappa shape index (κ1) is 20.1. The molecule has 0 unspecified atom stereocenters. The fourth-order valence-electron chi connectivity index (χ4n) is 3.78. The summed E-state index contributed by atoms with van der Waals surface area (Å²) in [6.07, 6.45) is 2.15. The third kappa shape index (κ3) is 4.25. The van der Waals surface area contributed by atoms with Gasteiger partial charge in [-0.3, -0.25) is 0 Å². The Balaban J connectivity index is 1.90. The molecule has 0 amide bonds. The number of benzene rings is 3. The Kier molecular flexibility index (Phi) is 6.04. The Morgan fingerprint density at radius 3 is 1.69 bits per heavy atom. The van der Waals surface area contributed by atoms with Gasteiger partial charge in [-0.25, -0.2) is 0 Å². The van der Waals surface area contributed by atoms with E-state index in [1.807, 2.05) is 0 Å². The van der Waals surface area contributed by atoms with Crippen molar-refractivity contribution in [1.82, 2.24) is 4.98 Å². The molecular weight excluding hydrogens is 466 g/mol. The molecular formula is C27H27NTe. The van der Waals surface area contributed by atoms with Crippen molar-refractivity contribution in [3.8, 4) is 29.5 Å². The van der Waals surface area contributed by atoms with Crippen LogP contribution in [0.25, 0.3) is 29.5 Å². The van der Waals surface area contributed by atoms with E-state index in [4.69, 9.17) is 4.98 Å². The van der Waals surface area contributed by atoms with Crippen LogP contribution in [0.3, 0.4) is 0 Å². The molecule has 0 aliphatic heterocycles. The van der Waals surface area contributed by atoms with Crippen molar-refractivity contribution in [3.05, 3.63) is 90.1 Å². The molecule has 2 heteroatoms. The molecule has 1 aromatic heterocycles. The molecule has 0 saturated carbocycles. The number of nitrogens with zero attached hydrogens (tertiary/aromatic N) is 1. The zero-order chi connectivity index (χ0) is 20.4. The van der Waals surface area contributed by atoms with Crippen molar-refractivity contribution in [2.45, 2.75) is 39.5 Å². The third-order valence-corrected chi connectivity index (χ3v) is 8.36. The average Bonchev–Trinajstić information content (AvgIpc) is 3.24. The van der Waals surface area contributed by atoms with Gasteiger partial charge in [-0.1, -0.05) is 0 Å². The van der Waals surface area contributed by atoms with Crippen molar-refractivity contribution in [1.29, 1.82) is 0 Å². The Bertz CT molecular complexity index is 1060. The van der Waals surface area contributed by atoms with Crippen LogP contribution in [0.15, 0.2) is 79.0 Å². The Morgan fingerprint density at radius 2 is 1.17 bits per heavy atom. The van der Waals surface area contributed by atoms with E-state index in [-0.39, 0.29) is 0 Å². The second kappa shape index (κ2) is 8.70. The molecule has 0 aliphatic rings. The molecule has 0 aliphatic carbocycles. The summed E-state index contributed by atoms with van der Waals surface area (Å²) in [6.45, 7) is 9.25. The minimum absolute atomic E-state index is 0.473. The van der Waals surface area contributed by atoms with E-state index in [2.05, 4.69) is 107 Å². The number of rotatable bonds is 5. The first-order valence-corrected chi connectivity index (χ1v) is 12.6. The van der Waals surface area contributed by atoms with Crippen molar-refractivity contribution < 1.29 is 0 Å². The van der Waals surface area contributed by atoms with Gasteiger partial charge in [-0.2, -0.15) is 0 Å². The van der Waals surface area contributed by atoms with Crippen LogP contribution in [0.2, 0.25) is 0 Å². The molecule has 3 aromatic carbocycles. The van der Waals surface area contributed by atoms with Crippen LogP contribution in [0, 0.1) is 0 Å². The van der Waals surface area contributed by atoms with E-state index in [9.17, 15) is 0 Å². The van der Waals surface area contributed by atoms with Gasteiger partial charge in [-0.05, 0) is 0 Å². The van der Waals surface area contributed by atoms with Crippen LogP contribution in [0.5, 0.6) is 0 Å². The molecule has 4 rings (SSSR count). The SMILES string of the molecule is CC(C)c1cc(-c2ccccc2)cc(C(C)C)c1-c1cnc(-c2ccccc2)[te]1. The van der Waals surface area contributed by atoms with Gasteiger partial charge in [0.05, 0.1) is 0 Å². The van der Waals surface area contributed by atoms with Crippen LogP contribution >= 0.6 is 0 Å². The van der Waals surface area contributed by atoms with E-state index in [1.165, 1.54) is 40.7 Å². The molecule has 0 spiro atoms. The van der Waals surface area contributed by atoms with Crippen molar-refractivity contribution in [3.63, 3.8) is 0 Å². The second-order valence-corrected chi connectivity index (χ2v) is 11.0. The molecule has 0 atom stereocenters. The summed E-state index contributed by atoms with van der Waals surface area (Å²) < 4.78 is 2.77. The number of aromatic nitrogens is 1. The fraction of sp³-hybridized carbons (Fsp3) is 0.222. The predicted octanol–water partition coefficient (Wildman–Crippen LogP) is 7.39. The van der Waals surface area contributed by atoms with E-state index in [0.29, 0.717) is 11.8 Å². The van der Waals surface area contributed by atoms with Crippen molar-refractivity contribution in [2.24, 2.45) is 0 Å². The summed E-state index contributed by atoms with van der Waals surface area (Å²) in [5.74, 6) is 0.945. The molecule has 0 N–H and O–H groups in total. The van der Waals surface area contributed by atoms with Crippen LogP contribution in [0.1, 0.15) is 50.7 Å². The van der Waals surface area contributed by atoms with Crippen molar-refractivity contribution >= 4 is 20.4 Å². The van der Waals surface area contributed by atoms with Gasteiger partial charge in [-0.15, -0.1) is 0 Å². The quantitative estimate of drug-likeness (QED) is 0.265. The van der Waals surface area contributed by atoms with Gasteiger partial charge in [0.15, 0.2) is 0 Å². The summed E-state index contributed by atoms with van der Waals surface area (Å²) in [5, 5.41) is 0. The average molecular weight is 493 g/mol. The molecule has 29 heavy (non-hydrogen) atoms. The van der Waals surface area contributed by atoms with Gasteiger partial charge in [0, 0.05) is 0 Å². The topological polar surface area (TPSA) is 12.9 Å². The number of hydrogen-bond donors (Lipinski definition) is 0. The summed E-state index contributed by atoms with van der Waals surface area (Å²) in [7, 11) is 0. The van der Waals surface area contributed by atoms with Crippen LogP contribution in [0.4, 0.5) is 0 Å². The van der Waals surface area contributed by atoms with Gasteiger partial charge in [0.25, 0.3) is 0 Å². The zero-order valence-electron chi connectivity index (χ0n) is 17.5. The van der Waals surface area contributed by atoms with E-state index < -0.39 is 20.4 Å². The first-order valence-electron chi connectivity index (χ1n) is 10.3. The summed E-state index contributed by atoms with van der Waals surface area (Å²) in [6, 6.07) is 26.2. The van der Waals surface area contributed by atoms with Gasteiger partial charge in [0.1, 0.15) is 0 Å². The van der Waals surface area contributed by atoms with Crippen molar-refractivity contribution in [2.75, 3.05) is 0 Å². The minimum atomic E-state index is -0.501. The molecule has 1 nitrogen and oxygen atoms in total. The van der Waals surface area contributed by atoms with E-state index in [0.717, 1.165) is 0 Å². The Morgan fingerprint density at radius 1 is 0.655 bits per heavy atom. The molecule has 0 saturated heterocycles. The van der Waals surface area contributed by atoms with Gasteiger partial charge in [0.2, 0.25) is 0 Å². The maximum absolute atomic E-state index is 4.86. The maximum atomic E-state index is 4.86. The number of hydrogen-bond acceptors (Lipinski definition) is 1. The molecule has 4 aromatic rings. The third-order valence-electron chi connectivity index (χ3n) is 5.32. The second-order valence-electron chi connectivity index (χ2n) is 8.10. The summed E-state index contributed by atoms with van der Waals surface area (Å²) in [4.78, 5) is 4.86. The molecule has 1 heterocycles. The van der Waals surface area contributed by atoms with Crippen LogP contribution in [-0.4, -0.2) is 25.4 Å². The predicted molar refractivity (Wildman–Crippen MR) is 126 cm³/mol. The molecule has 0 radical (unpaired) electrons. The summed E-state index contributed by atoms with van der Waals surface area (Å²) >= 11 is -0.501. The first-order chi connectivity index (χ1) is 14.0. The standard InChI is InChI=1S/C27H27NTe/c1-18(2)23-15-22(20-11-7-5-8-12-20)16-24(19(3)4)26(23)25-17-28-27(29-25)21-13-9-6-10-14-21/h5-19H,1-4H3. The Hall–Kier alpha value is -2.14. The zero-order valence-corrected chi connectivity index (χ0v) is 19.8. The van der Waals surface area contributed by atoms with Crippen LogP contribution in [-0.2, 0) is 0 Å². The Labute approximate surface area is 184 Å². The monoisotopic (exact) mass is 495 g/mol.